The van der Waals surface area contributed by atoms with Crippen LogP contribution >= 0.6 is 23.2 Å². The van der Waals surface area contributed by atoms with Gasteiger partial charge < -0.3 is 15.5 Å². The number of H-pyrrole nitrogens is 1. The molecule has 0 spiro atoms. The predicted octanol–water partition coefficient (Wildman–Crippen LogP) is 4.17. The van der Waals surface area contributed by atoms with Gasteiger partial charge in [0.15, 0.2) is 5.82 Å². The maximum absolute atomic E-state index is 6.01. The normalized spacial score (nSPS) is 11.1. The van der Waals surface area contributed by atoms with Crippen LogP contribution in [-0.4, -0.2) is 20.4 Å². The van der Waals surface area contributed by atoms with Crippen LogP contribution in [0.1, 0.15) is 11.5 Å². The molecule has 2 heterocycles. The lowest BCUT2D eigenvalue weighted by molar-refractivity contribution is 0.521. The van der Waals surface area contributed by atoms with Crippen LogP contribution in [0.5, 0.6) is 0 Å². The highest BCUT2D eigenvalue weighted by molar-refractivity contribution is 6.42. The average Bonchev–Trinajstić information content (AvgIpc) is 3.18. The summed E-state index contributed by atoms with van der Waals surface area (Å²) in [6.45, 7) is 0. The van der Waals surface area contributed by atoms with E-state index in [-0.39, 0.29) is 6.01 Å². The third-order valence-corrected chi connectivity index (χ3v) is 4.39. The molecule has 0 aliphatic rings. The maximum Gasteiger partial charge on any atom is 0.320 e. The molecule has 0 saturated carbocycles. The molecule has 7 nitrogen and oxygen atoms in total. The molecule has 0 aliphatic heterocycles. The minimum Gasteiger partial charge on any atom is -0.408 e. The van der Waals surface area contributed by atoms with Gasteiger partial charge in [-0.3, -0.25) is 5.10 Å². The lowest BCUT2D eigenvalue weighted by Crippen LogP contribution is -1.90. The molecule has 0 saturated heterocycles. The van der Waals surface area contributed by atoms with Crippen LogP contribution in [-0.2, 0) is 6.42 Å². The number of halogens is 2. The van der Waals surface area contributed by atoms with Crippen molar-refractivity contribution in [1.82, 2.24) is 20.4 Å². The van der Waals surface area contributed by atoms with Crippen molar-refractivity contribution in [1.29, 1.82) is 0 Å². The van der Waals surface area contributed by atoms with Crippen molar-refractivity contribution in [3.05, 3.63) is 57.9 Å². The Hall–Kier alpha value is -2.77. The van der Waals surface area contributed by atoms with E-state index < -0.39 is 0 Å². The number of nitrogens with two attached hydrogens (primary N) is 1. The van der Waals surface area contributed by atoms with Crippen molar-refractivity contribution in [2.24, 2.45) is 0 Å². The van der Waals surface area contributed by atoms with Crippen LogP contribution in [0.2, 0.25) is 10.0 Å². The van der Waals surface area contributed by atoms with Gasteiger partial charge in [-0.25, -0.2) is 0 Å². The maximum atomic E-state index is 6.01. The highest BCUT2D eigenvalue weighted by atomic mass is 35.5. The highest BCUT2D eigenvalue weighted by Crippen LogP contribution is 2.26. The Morgan fingerprint density at radius 1 is 1.08 bits per heavy atom. The number of nitrogen functional groups attached to an aromatic ring is 1. The van der Waals surface area contributed by atoms with E-state index in [4.69, 9.17) is 33.4 Å². The standard InChI is InChI=1S/C16H12Cl2N6O/c17-11-3-1-8(5-12(11)18)6-14-22-24-16(25-14)20-9-2-4-13-10(7-9)15(19)23-21-13/h1-5,7H,6H2,(H,20,24)(H3,19,21,23). The van der Waals surface area contributed by atoms with Gasteiger partial charge in [-0.1, -0.05) is 34.4 Å². The number of hydrogen-bond acceptors (Lipinski definition) is 6. The Morgan fingerprint density at radius 3 is 2.80 bits per heavy atom. The molecular weight excluding hydrogens is 363 g/mol. The van der Waals surface area contributed by atoms with Crippen molar-refractivity contribution in [3.63, 3.8) is 0 Å². The molecule has 0 amide bonds. The van der Waals surface area contributed by atoms with E-state index in [2.05, 4.69) is 25.7 Å². The van der Waals surface area contributed by atoms with E-state index in [9.17, 15) is 0 Å². The Bertz CT molecular complexity index is 1060. The van der Waals surface area contributed by atoms with Crippen molar-refractivity contribution in [2.45, 2.75) is 6.42 Å². The van der Waals surface area contributed by atoms with Crippen LogP contribution in [0.3, 0.4) is 0 Å². The quantitative estimate of drug-likeness (QED) is 0.494. The molecule has 0 bridgehead atoms. The van der Waals surface area contributed by atoms with Gasteiger partial charge in [-0.15, -0.1) is 5.10 Å². The van der Waals surface area contributed by atoms with Crippen LogP contribution in [0.4, 0.5) is 17.5 Å². The summed E-state index contributed by atoms with van der Waals surface area (Å²) in [6, 6.07) is 11.3. The van der Waals surface area contributed by atoms with Gasteiger partial charge in [0.2, 0.25) is 5.89 Å². The molecule has 2 aromatic heterocycles. The monoisotopic (exact) mass is 374 g/mol. The zero-order chi connectivity index (χ0) is 17.4. The second kappa shape index (κ2) is 6.27. The molecule has 0 fully saturated rings. The molecule has 0 aliphatic carbocycles. The van der Waals surface area contributed by atoms with Gasteiger partial charge in [0.25, 0.3) is 0 Å². The van der Waals surface area contributed by atoms with Crippen molar-refractivity contribution < 1.29 is 4.42 Å². The first kappa shape index (κ1) is 15.7. The molecule has 0 atom stereocenters. The summed E-state index contributed by atoms with van der Waals surface area (Å²) in [5, 5.41) is 19.7. The number of aromatic amines is 1. The lowest BCUT2D eigenvalue weighted by Gasteiger charge is -2.01. The molecule has 9 heteroatoms. The number of benzene rings is 2. The third-order valence-electron chi connectivity index (χ3n) is 3.65. The van der Waals surface area contributed by atoms with Crippen LogP contribution in [0.25, 0.3) is 10.9 Å². The van der Waals surface area contributed by atoms with Gasteiger partial charge >= 0.3 is 6.01 Å². The second-order valence-corrected chi connectivity index (χ2v) is 6.23. The Labute approximate surface area is 152 Å². The van der Waals surface area contributed by atoms with E-state index in [1.54, 1.807) is 12.1 Å². The Balaban J connectivity index is 1.52. The summed E-state index contributed by atoms with van der Waals surface area (Å²) in [7, 11) is 0. The Kier molecular flexibility index (Phi) is 3.95. The largest absolute Gasteiger partial charge is 0.408 e. The molecule has 25 heavy (non-hydrogen) atoms. The fourth-order valence-corrected chi connectivity index (χ4v) is 2.76. The number of rotatable bonds is 4. The molecule has 4 N–H and O–H groups in total. The molecule has 126 valence electrons. The van der Waals surface area contributed by atoms with E-state index in [0.717, 1.165) is 22.2 Å². The second-order valence-electron chi connectivity index (χ2n) is 5.42. The lowest BCUT2D eigenvalue weighted by atomic mass is 10.1. The topological polar surface area (TPSA) is 106 Å². The van der Waals surface area contributed by atoms with E-state index in [0.29, 0.717) is 28.2 Å². The molecule has 4 aromatic rings. The average molecular weight is 375 g/mol. The van der Waals surface area contributed by atoms with Gasteiger partial charge in [0.05, 0.1) is 22.0 Å². The number of aromatic nitrogens is 4. The fourth-order valence-electron chi connectivity index (χ4n) is 2.44. The summed E-state index contributed by atoms with van der Waals surface area (Å²) in [4.78, 5) is 0. The summed E-state index contributed by atoms with van der Waals surface area (Å²) in [5.41, 5.74) is 8.36. The van der Waals surface area contributed by atoms with Gasteiger partial charge in [-0.2, -0.15) is 5.10 Å². The number of anilines is 3. The minimum absolute atomic E-state index is 0.288. The first-order valence-electron chi connectivity index (χ1n) is 7.35. The molecule has 0 radical (unpaired) electrons. The minimum atomic E-state index is 0.288. The molecular formula is C16H12Cl2N6O. The first-order valence-corrected chi connectivity index (χ1v) is 8.11. The van der Waals surface area contributed by atoms with E-state index >= 15 is 0 Å². The summed E-state index contributed by atoms with van der Waals surface area (Å²) >= 11 is 11.9. The van der Waals surface area contributed by atoms with Crippen LogP contribution in [0, 0.1) is 0 Å². The Morgan fingerprint density at radius 2 is 1.96 bits per heavy atom. The third kappa shape index (κ3) is 3.24. The van der Waals surface area contributed by atoms with E-state index in [1.807, 2.05) is 24.3 Å². The van der Waals surface area contributed by atoms with Crippen LogP contribution in [0.15, 0.2) is 40.8 Å². The highest BCUT2D eigenvalue weighted by Gasteiger charge is 2.10. The zero-order valence-electron chi connectivity index (χ0n) is 12.8. The predicted molar refractivity (Wildman–Crippen MR) is 97.4 cm³/mol. The number of nitrogens with zero attached hydrogens (tertiary/aromatic N) is 3. The van der Waals surface area contributed by atoms with Crippen molar-refractivity contribution in [3.8, 4) is 0 Å². The number of nitrogens with one attached hydrogen (secondary N) is 2. The van der Waals surface area contributed by atoms with E-state index in [1.165, 1.54) is 0 Å². The van der Waals surface area contributed by atoms with Gasteiger partial charge in [0, 0.05) is 11.1 Å². The number of hydrogen-bond donors (Lipinski definition) is 3. The zero-order valence-corrected chi connectivity index (χ0v) is 14.3. The smallest absolute Gasteiger partial charge is 0.320 e. The van der Waals surface area contributed by atoms with Crippen LogP contribution < -0.4 is 11.1 Å². The fraction of sp³-hybridized carbons (Fsp3) is 0.0625. The molecule has 4 rings (SSSR count). The molecule has 0 unspecified atom stereocenters. The summed E-state index contributed by atoms with van der Waals surface area (Å²) in [6.07, 6.45) is 0.458. The van der Waals surface area contributed by atoms with Gasteiger partial charge in [-0.05, 0) is 35.9 Å². The van der Waals surface area contributed by atoms with Crippen molar-refractivity contribution in [2.75, 3.05) is 11.1 Å². The summed E-state index contributed by atoms with van der Waals surface area (Å²) < 4.78 is 5.62. The molecule has 2 aromatic carbocycles. The van der Waals surface area contributed by atoms with Gasteiger partial charge in [0.1, 0.15) is 0 Å². The number of fused-ring (bicyclic) bond motifs is 1. The SMILES string of the molecule is Nc1n[nH]c2ccc(Nc3nnc(Cc4ccc(Cl)c(Cl)c4)o3)cc12. The first-order chi connectivity index (χ1) is 12.1. The van der Waals surface area contributed by atoms with Crippen molar-refractivity contribution >= 4 is 51.6 Å². The summed E-state index contributed by atoms with van der Waals surface area (Å²) in [5.74, 6) is 0.897.